The zero-order valence-corrected chi connectivity index (χ0v) is 11.3. The van der Waals surface area contributed by atoms with Crippen LogP contribution in [0.2, 0.25) is 0 Å². The van der Waals surface area contributed by atoms with Gasteiger partial charge in [-0.05, 0) is 30.5 Å². The van der Waals surface area contributed by atoms with Crippen molar-refractivity contribution < 1.29 is 4.79 Å². The summed E-state index contributed by atoms with van der Waals surface area (Å²) in [5.41, 5.74) is 7.36. The molecule has 1 aliphatic carbocycles. The second kappa shape index (κ2) is 6.53. The van der Waals surface area contributed by atoms with Crippen molar-refractivity contribution in [3.8, 4) is 0 Å². The molecule has 1 aromatic rings. The molecule has 3 heteroatoms. The summed E-state index contributed by atoms with van der Waals surface area (Å²) in [5, 5.41) is 0. The van der Waals surface area contributed by atoms with E-state index in [-0.39, 0.29) is 5.91 Å². The maximum absolute atomic E-state index is 12.6. The molecule has 0 atom stereocenters. The van der Waals surface area contributed by atoms with E-state index in [1.165, 1.54) is 12.8 Å². The topological polar surface area (TPSA) is 46.3 Å². The van der Waals surface area contributed by atoms with Crippen LogP contribution < -0.4 is 5.73 Å². The van der Waals surface area contributed by atoms with Gasteiger partial charge in [-0.2, -0.15) is 0 Å². The molecule has 0 aliphatic heterocycles. The van der Waals surface area contributed by atoms with E-state index in [9.17, 15) is 4.79 Å². The van der Waals surface area contributed by atoms with Crippen molar-refractivity contribution >= 4 is 5.91 Å². The van der Waals surface area contributed by atoms with Gasteiger partial charge in [-0.1, -0.05) is 31.1 Å². The SMILES string of the molecule is C=CCN(C(=O)c1ccc(CN)cc1)C1CCCC1. The number of hydrogen-bond acceptors (Lipinski definition) is 2. The Morgan fingerprint density at radius 1 is 1.32 bits per heavy atom. The van der Waals surface area contributed by atoms with Gasteiger partial charge < -0.3 is 10.6 Å². The Labute approximate surface area is 115 Å². The average Bonchev–Trinajstić information content (AvgIpc) is 2.98. The minimum Gasteiger partial charge on any atom is -0.332 e. The highest BCUT2D eigenvalue weighted by Crippen LogP contribution is 2.25. The van der Waals surface area contributed by atoms with Gasteiger partial charge in [0.05, 0.1) is 0 Å². The number of carbonyl (C=O) groups excluding carboxylic acids is 1. The fourth-order valence-electron chi connectivity index (χ4n) is 2.70. The standard InChI is InChI=1S/C16H22N2O/c1-2-11-18(15-5-3-4-6-15)16(19)14-9-7-13(12-17)8-10-14/h2,7-10,15H,1,3-6,11-12,17H2. The number of benzene rings is 1. The molecular formula is C16H22N2O. The maximum atomic E-state index is 12.6. The third-order valence-corrected chi connectivity index (χ3v) is 3.79. The van der Waals surface area contributed by atoms with Crippen molar-refractivity contribution in [2.45, 2.75) is 38.3 Å². The van der Waals surface area contributed by atoms with Crippen LogP contribution in [-0.2, 0) is 6.54 Å². The van der Waals surface area contributed by atoms with Crippen LogP contribution in [0.25, 0.3) is 0 Å². The average molecular weight is 258 g/mol. The third-order valence-electron chi connectivity index (χ3n) is 3.79. The molecule has 0 saturated heterocycles. The van der Waals surface area contributed by atoms with Crippen LogP contribution >= 0.6 is 0 Å². The normalized spacial score (nSPS) is 15.4. The summed E-state index contributed by atoms with van der Waals surface area (Å²) in [7, 11) is 0. The van der Waals surface area contributed by atoms with Crippen molar-refractivity contribution in [3.05, 3.63) is 48.0 Å². The fraction of sp³-hybridized carbons (Fsp3) is 0.438. The number of amides is 1. The van der Waals surface area contributed by atoms with Gasteiger partial charge in [0.15, 0.2) is 0 Å². The van der Waals surface area contributed by atoms with Crippen molar-refractivity contribution in [1.82, 2.24) is 4.90 Å². The largest absolute Gasteiger partial charge is 0.332 e. The van der Waals surface area contributed by atoms with E-state index >= 15 is 0 Å². The first-order valence-corrected chi connectivity index (χ1v) is 6.97. The van der Waals surface area contributed by atoms with E-state index in [0.717, 1.165) is 24.0 Å². The molecule has 1 amide bonds. The lowest BCUT2D eigenvalue weighted by Crippen LogP contribution is -2.38. The quantitative estimate of drug-likeness (QED) is 0.825. The zero-order chi connectivity index (χ0) is 13.7. The summed E-state index contributed by atoms with van der Waals surface area (Å²) in [5.74, 6) is 0.107. The summed E-state index contributed by atoms with van der Waals surface area (Å²) in [6.07, 6.45) is 6.47. The summed E-state index contributed by atoms with van der Waals surface area (Å²) in [4.78, 5) is 14.5. The molecule has 1 aliphatic rings. The Morgan fingerprint density at radius 2 is 1.95 bits per heavy atom. The second-order valence-electron chi connectivity index (χ2n) is 5.09. The molecule has 0 unspecified atom stereocenters. The molecule has 0 heterocycles. The molecule has 102 valence electrons. The number of nitrogens with zero attached hydrogens (tertiary/aromatic N) is 1. The van der Waals surface area contributed by atoms with Gasteiger partial charge in [-0.15, -0.1) is 6.58 Å². The van der Waals surface area contributed by atoms with E-state index in [0.29, 0.717) is 19.1 Å². The predicted molar refractivity (Wildman–Crippen MR) is 77.8 cm³/mol. The van der Waals surface area contributed by atoms with Crippen molar-refractivity contribution in [3.63, 3.8) is 0 Å². The highest BCUT2D eigenvalue weighted by atomic mass is 16.2. The summed E-state index contributed by atoms with van der Waals surface area (Å²) in [6.45, 7) is 4.90. The van der Waals surface area contributed by atoms with Gasteiger partial charge in [-0.3, -0.25) is 4.79 Å². The van der Waals surface area contributed by atoms with E-state index in [1.54, 1.807) is 0 Å². The molecule has 0 bridgehead atoms. The number of hydrogen-bond donors (Lipinski definition) is 1. The highest BCUT2D eigenvalue weighted by Gasteiger charge is 2.26. The Morgan fingerprint density at radius 3 is 2.47 bits per heavy atom. The highest BCUT2D eigenvalue weighted by molar-refractivity contribution is 5.94. The first kappa shape index (κ1) is 13.8. The second-order valence-corrected chi connectivity index (χ2v) is 5.09. The molecular weight excluding hydrogens is 236 g/mol. The molecule has 2 rings (SSSR count). The Bertz CT molecular complexity index is 433. The molecule has 19 heavy (non-hydrogen) atoms. The fourth-order valence-corrected chi connectivity index (χ4v) is 2.70. The number of nitrogens with two attached hydrogens (primary N) is 1. The first-order valence-electron chi connectivity index (χ1n) is 6.97. The van der Waals surface area contributed by atoms with Gasteiger partial charge in [0.2, 0.25) is 0 Å². The monoisotopic (exact) mass is 258 g/mol. The van der Waals surface area contributed by atoms with Crippen molar-refractivity contribution in [2.75, 3.05) is 6.54 Å². The lowest BCUT2D eigenvalue weighted by Gasteiger charge is -2.28. The first-order chi connectivity index (χ1) is 9.26. The lowest BCUT2D eigenvalue weighted by molar-refractivity contribution is 0.0706. The van der Waals surface area contributed by atoms with Gasteiger partial charge in [0.1, 0.15) is 0 Å². The van der Waals surface area contributed by atoms with E-state index < -0.39 is 0 Å². The van der Waals surface area contributed by atoms with E-state index in [4.69, 9.17) is 5.73 Å². The maximum Gasteiger partial charge on any atom is 0.254 e. The lowest BCUT2D eigenvalue weighted by atomic mass is 10.1. The summed E-state index contributed by atoms with van der Waals surface area (Å²) < 4.78 is 0. The molecule has 0 radical (unpaired) electrons. The molecule has 1 aromatic carbocycles. The van der Waals surface area contributed by atoms with Crippen LogP contribution in [0.4, 0.5) is 0 Å². The van der Waals surface area contributed by atoms with E-state index in [2.05, 4.69) is 6.58 Å². The zero-order valence-electron chi connectivity index (χ0n) is 11.3. The molecule has 2 N–H and O–H groups in total. The Balaban J connectivity index is 2.15. The summed E-state index contributed by atoms with van der Waals surface area (Å²) in [6, 6.07) is 7.97. The number of carbonyl (C=O) groups is 1. The van der Waals surface area contributed by atoms with Gasteiger partial charge in [0.25, 0.3) is 5.91 Å². The van der Waals surface area contributed by atoms with Crippen LogP contribution in [0.15, 0.2) is 36.9 Å². The van der Waals surface area contributed by atoms with Gasteiger partial charge in [-0.25, -0.2) is 0 Å². The summed E-state index contributed by atoms with van der Waals surface area (Å²) >= 11 is 0. The van der Waals surface area contributed by atoms with Crippen LogP contribution in [0.3, 0.4) is 0 Å². The van der Waals surface area contributed by atoms with Crippen molar-refractivity contribution in [1.29, 1.82) is 0 Å². The number of rotatable bonds is 5. The smallest absolute Gasteiger partial charge is 0.254 e. The van der Waals surface area contributed by atoms with E-state index in [1.807, 2.05) is 35.2 Å². The minimum atomic E-state index is 0.107. The van der Waals surface area contributed by atoms with Crippen LogP contribution in [-0.4, -0.2) is 23.4 Å². The predicted octanol–water partition coefficient (Wildman–Crippen LogP) is 2.72. The Kier molecular flexibility index (Phi) is 4.74. The third kappa shape index (κ3) is 3.24. The minimum absolute atomic E-state index is 0.107. The molecule has 0 aromatic heterocycles. The molecule has 3 nitrogen and oxygen atoms in total. The van der Waals surface area contributed by atoms with Crippen LogP contribution in [0.1, 0.15) is 41.6 Å². The van der Waals surface area contributed by atoms with Crippen LogP contribution in [0.5, 0.6) is 0 Å². The van der Waals surface area contributed by atoms with Crippen LogP contribution in [0, 0.1) is 0 Å². The molecule has 1 saturated carbocycles. The van der Waals surface area contributed by atoms with Gasteiger partial charge in [0, 0.05) is 24.7 Å². The molecule has 1 fully saturated rings. The Hall–Kier alpha value is -1.61. The molecule has 0 spiro atoms. The van der Waals surface area contributed by atoms with Crippen molar-refractivity contribution in [2.24, 2.45) is 5.73 Å². The van der Waals surface area contributed by atoms with Gasteiger partial charge >= 0.3 is 0 Å².